The van der Waals surface area contributed by atoms with Gasteiger partial charge in [0.25, 0.3) is 0 Å². The first-order valence-electron chi connectivity index (χ1n) is 12.3. The highest BCUT2D eigenvalue weighted by Gasteiger charge is 2.40. The summed E-state index contributed by atoms with van der Waals surface area (Å²) in [6.07, 6.45) is 11.6. The van der Waals surface area contributed by atoms with Crippen LogP contribution in [0, 0.1) is 11.3 Å². The molecule has 2 aromatic heterocycles. The average molecular weight is 444 g/mol. The van der Waals surface area contributed by atoms with Gasteiger partial charge in [-0.1, -0.05) is 25.1 Å². The number of pyridine rings is 1. The predicted molar refractivity (Wildman–Crippen MR) is 131 cm³/mol. The molecule has 2 fully saturated rings. The van der Waals surface area contributed by atoms with E-state index in [1.54, 1.807) is 12.4 Å². The standard InChI is InChI=1S/C27H33N5O/c1-27(11-18-32(19-12-27)26-29-13-5-14-30-26)25(33)31-16-4-6-21(10-17-31)20-22-9-15-28-24-8-3-2-7-23(22)24/h2-3,5,7-9,13-15,21H,4,6,10-12,16-20H2,1H3/t21-/m0/s1. The summed E-state index contributed by atoms with van der Waals surface area (Å²) in [5, 5.41) is 1.26. The third-order valence-corrected chi connectivity index (χ3v) is 7.60. The molecule has 172 valence electrons. The van der Waals surface area contributed by atoms with Gasteiger partial charge in [0, 0.05) is 55.6 Å². The first-order chi connectivity index (χ1) is 16.1. The van der Waals surface area contributed by atoms with Crippen LogP contribution in [-0.2, 0) is 11.2 Å². The van der Waals surface area contributed by atoms with E-state index in [9.17, 15) is 4.79 Å². The number of aromatic nitrogens is 3. The second-order valence-electron chi connectivity index (χ2n) is 9.88. The number of hydrogen-bond acceptors (Lipinski definition) is 5. The summed E-state index contributed by atoms with van der Waals surface area (Å²) in [6.45, 7) is 5.57. The smallest absolute Gasteiger partial charge is 0.228 e. The van der Waals surface area contributed by atoms with Crippen molar-refractivity contribution in [1.29, 1.82) is 0 Å². The van der Waals surface area contributed by atoms with Crippen LogP contribution in [0.25, 0.3) is 10.9 Å². The van der Waals surface area contributed by atoms with Crippen LogP contribution < -0.4 is 4.90 Å². The van der Waals surface area contributed by atoms with E-state index in [1.807, 2.05) is 18.3 Å². The Bertz CT molecular complexity index is 1090. The summed E-state index contributed by atoms with van der Waals surface area (Å²) in [7, 11) is 0. The van der Waals surface area contributed by atoms with E-state index in [-0.39, 0.29) is 5.41 Å². The molecular weight excluding hydrogens is 410 g/mol. The molecule has 2 aliphatic rings. The van der Waals surface area contributed by atoms with Crippen LogP contribution >= 0.6 is 0 Å². The van der Waals surface area contributed by atoms with Crippen LogP contribution in [0.1, 0.15) is 44.6 Å². The molecule has 0 spiro atoms. The van der Waals surface area contributed by atoms with Gasteiger partial charge in [-0.2, -0.15) is 0 Å². The molecule has 6 nitrogen and oxygen atoms in total. The van der Waals surface area contributed by atoms with Crippen molar-refractivity contribution in [2.24, 2.45) is 11.3 Å². The lowest BCUT2D eigenvalue weighted by molar-refractivity contribution is -0.142. The molecule has 1 aromatic carbocycles. The molecular formula is C27H33N5O. The summed E-state index contributed by atoms with van der Waals surface area (Å²) >= 11 is 0. The Balaban J connectivity index is 1.20. The van der Waals surface area contributed by atoms with E-state index in [0.717, 1.165) is 69.7 Å². The molecule has 5 rings (SSSR count). The zero-order valence-corrected chi connectivity index (χ0v) is 19.5. The van der Waals surface area contributed by atoms with E-state index in [0.29, 0.717) is 11.8 Å². The largest absolute Gasteiger partial charge is 0.342 e. The van der Waals surface area contributed by atoms with E-state index in [4.69, 9.17) is 0 Å². The number of fused-ring (bicyclic) bond motifs is 1. The van der Waals surface area contributed by atoms with Crippen molar-refractivity contribution in [2.45, 2.75) is 45.4 Å². The predicted octanol–water partition coefficient (Wildman–Crippen LogP) is 4.50. The quantitative estimate of drug-likeness (QED) is 0.594. The van der Waals surface area contributed by atoms with Gasteiger partial charge in [-0.25, -0.2) is 9.97 Å². The van der Waals surface area contributed by atoms with Crippen LogP contribution in [0.4, 0.5) is 5.95 Å². The van der Waals surface area contributed by atoms with Crippen molar-refractivity contribution >= 4 is 22.8 Å². The average Bonchev–Trinajstić information content (AvgIpc) is 3.10. The minimum atomic E-state index is -0.285. The van der Waals surface area contributed by atoms with Gasteiger partial charge in [-0.15, -0.1) is 0 Å². The van der Waals surface area contributed by atoms with Gasteiger partial charge < -0.3 is 9.80 Å². The van der Waals surface area contributed by atoms with Gasteiger partial charge in [0.15, 0.2) is 0 Å². The van der Waals surface area contributed by atoms with E-state index < -0.39 is 0 Å². The Morgan fingerprint density at radius 2 is 1.73 bits per heavy atom. The van der Waals surface area contributed by atoms with Crippen molar-refractivity contribution in [2.75, 3.05) is 31.1 Å². The van der Waals surface area contributed by atoms with Gasteiger partial charge in [-0.3, -0.25) is 9.78 Å². The van der Waals surface area contributed by atoms with Gasteiger partial charge in [0.05, 0.1) is 5.52 Å². The number of piperidine rings is 1. The highest BCUT2D eigenvalue weighted by Crippen LogP contribution is 2.35. The molecule has 0 unspecified atom stereocenters. The fourth-order valence-corrected chi connectivity index (χ4v) is 5.47. The van der Waals surface area contributed by atoms with Crippen molar-refractivity contribution in [3.8, 4) is 0 Å². The number of carbonyl (C=O) groups excluding carboxylic acids is 1. The second kappa shape index (κ2) is 9.46. The van der Waals surface area contributed by atoms with Crippen LogP contribution in [0.15, 0.2) is 55.0 Å². The maximum atomic E-state index is 13.6. The topological polar surface area (TPSA) is 62.2 Å². The van der Waals surface area contributed by atoms with E-state index in [1.165, 1.54) is 17.4 Å². The third kappa shape index (κ3) is 4.70. The molecule has 0 bridgehead atoms. The molecule has 0 N–H and O–H groups in total. The lowest BCUT2D eigenvalue weighted by Gasteiger charge is -2.41. The third-order valence-electron chi connectivity index (χ3n) is 7.60. The Hall–Kier alpha value is -3.02. The fourth-order valence-electron chi connectivity index (χ4n) is 5.47. The molecule has 2 aliphatic heterocycles. The lowest BCUT2D eigenvalue weighted by Crippen LogP contribution is -2.49. The summed E-state index contributed by atoms with van der Waals surface area (Å²) in [5.41, 5.74) is 2.17. The minimum absolute atomic E-state index is 0.285. The number of benzene rings is 1. The number of hydrogen-bond donors (Lipinski definition) is 0. The molecule has 1 amide bonds. The Labute approximate surface area is 196 Å². The Morgan fingerprint density at radius 1 is 0.939 bits per heavy atom. The molecule has 4 heterocycles. The molecule has 3 aromatic rings. The molecule has 2 saturated heterocycles. The van der Waals surface area contributed by atoms with Gasteiger partial charge in [0.1, 0.15) is 0 Å². The van der Waals surface area contributed by atoms with Crippen molar-refractivity contribution in [3.63, 3.8) is 0 Å². The number of anilines is 1. The number of para-hydroxylation sites is 1. The highest BCUT2D eigenvalue weighted by atomic mass is 16.2. The number of carbonyl (C=O) groups is 1. The van der Waals surface area contributed by atoms with Gasteiger partial charge in [-0.05, 0) is 68.2 Å². The van der Waals surface area contributed by atoms with Crippen LogP contribution in [0.5, 0.6) is 0 Å². The monoisotopic (exact) mass is 443 g/mol. The first kappa shape index (κ1) is 21.8. The van der Waals surface area contributed by atoms with Crippen molar-refractivity contribution < 1.29 is 4.79 Å². The van der Waals surface area contributed by atoms with Crippen LogP contribution in [0.2, 0.25) is 0 Å². The maximum Gasteiger partial charge on any atom is 0.228 e. The molecule has 0 aliphatic carbocycles. The molecule has 33 heavy (non-hydrogen) atoms. The fraction of sp³-hybridized carbons (Fsp3) is 0.481. The summed E-state index contributed by atoms with van der Waals surface area (Å²) < 4.78 is 0. The zero-order valence-electron chi connectivity index (χ0n) is 19.5. The SMILES string of the molecule is CC1(C(=O)N2CCC[C@H](Cc3ccnc4ccccc34)CC2)CCN(c2ncccn2)CC1. The zero-order chi connectivity index (χ0) is 22.7. The van der Waals surface area contributed by atoms with E-state index >= 15 is 0 Å². The first-order valence-corrected chi connectivity index (χ1v) is 12.3. The van der Waals surface area contributed by atoms with Gasteiger partial charge in [0.2, 0.25) is 11.9 Å². The van der Waals surface area contributed by atoms with Crippen LogP contribution in [0.3, 0.4) is 0 Å². The Morgan fingerprint density at radius 3 is 2.55 bits per heavy atom. The summed E-state index contributed by atoms with van der Waals surface area (Å²) in [4.78, 5) is 31.2. The summed E-state index contributed by atoms with van der Waals surface area (Å²) in [5.74, 6) is 1.72. The number of likely N-dealkylation sites (tertiary alicyclic amines) is 1. The van der Waals surface area contributed by atoms with E-state index in [2.05, 4.69) is 55.9 Å². The molecule has 0 saturated carbocycles. The molecule has 1 atom stereocenters. The van der Waals surface area contributed by atoms with Crippen molar-refractivity contribution in [1.82, 2.24) is 19.9 Å². The Kier molecular flexibility index (Phi) is 6.25. The number of rotatable bonds is 4. The normalized spacial score (nSPS) is 21.1. The highest BCUT2D eigenvalue weighted by molar-refractivity contribution is 5.83. The van der Waals surface area contributed by atoms with Crippen molar-refractivity contribution in [3.05, 3.63) is 60.6 Å². The summed E-state index contributed by atoms with van der Waals surface area (Å²) in [6, 6.07) is 12.4. The number of amides is 1. The minimum Gasteiger partial charge on any atom is -0.342 e. The van der Waals surface area contributed by atoms with Gasteiger partial charge >= 0.3 is 0 Å². The van der Waals surface area contributed by atoms with Crippen LogP contribution in [-0.4, -0.2) is 51.9 Å². The lowest BCUT2D eigenvalue weighted by atomic mass is 9.79. The number of nitrogens with zero attached hydrogens (tertiary/aromatic N) is 5. The molecule has 0 radical (unpaired) electrons. The molecule has 6 heteroatoms. The maximum absolute atomic E-state index is 13.6. The second-order valence-corrected chi connectivity index (χ2v) is 9.88.